The lowest BCUT2D eigenvalue weighted by Crippen LogP contribution is -2.09. The van der Waals surface area contributed by atoms with Crippen molar-refractivity contribution in [2.24, 2.45) is 0 Å². The minimum absolute atomic E-state index is 0.258. The van der Waals surface area contributed by atoms with Crippen molar-refractivity contribution in [2.45, 2.75) is 0 Å². The van der Waals surface area contributed by atoms with E-state index < -0.39 is 0 Å². The zero-order chi connectivity index (χ0) is 14.4. The summed E-state index contributed by atoms with van der Waals surface area (Å²) < 4.78 is 15.4. The normalized spacial score (nSPS) is 10.2. The van der Waals surface area contributed by atoms with E-state index in [4.69, 9.17) is 14.2 Å². The number of hydrogen-bond donors (Lipinski definition) is 0. The molecule has 0 aliphatic carbocycles. The third-order valence-electron chi connectivity index (χ3n) is 3.03. The Balaban J connectivity index is 2.09. The van der Waals surface area contributed by atoms with Gasteiger partial charge < -0.3 is 19.1 Å². The van der Waals surface area contributed by atoms with E-state index in [0.29, 0.717) is 0 Å². The van der Waals surface area contributed by atoms with Crippen LogP contribution in [0.1, 0.15) is 0 Å². The number of nitrogens with zero attached hydrogens (tertiary/aromatic N) is 1. The second-order valence-electron chi connectivity index (χ2n) is 4.30. The number of hydrogen-bond acceptors (Lipinski definition) is 4. The first-order valence-electron chi connectivity index (χ1n) is 6.34. The van der Waals surface area contributed by atoms with Crippen molar-refractivity contribution in [1.82, 2.24) is 0 Å². The fraction of sp³-hybridized carbons (Fsp3) is 0.250. The van der Waals surface area contributed by atoms with E-state index in [-0.39, 0.29) is 6.79 Å². The first-order valence-corrected chi connectivity index (χ1v) is 6.34. The van der Waals surface area contributed by atoms with Crippen LogP contribution in [0, 0.1) is 0 Å². The molecule has 0 aliphatic heterocycles. The van der Waals surface area contributed by atoms with E-state index in [0.717, 1.165) is 22.9 Å². The fourth-order valence-electron chi connectivity index (χ4n) is 1.85. The molecule has 0 aromatic heterocycles. The SMILES string of the molecule is COCOc1ccc(N(C)c2ccc(OC)cc2)cc1. The van der Waals surface area contributed by atoms with Gasteiger partial charge in [0.15, 0.2) is 6.79 Å². The van der Waals surface area contributed by atoms with Gasteiger partial charge >= 0.3 is 0 Å². The van der Waals surface area contributed by atoms with Gasteiger partial charge in [0.05, 0.1) is 7.11 Å². The van der Waals surface area contributed by atoms with Crippen LogP contribution < -0.4 is 14.4 Å². The quantitative estimate of drug-likeness (QED) is 0.754. The maximum atomic E-state index is 5.37. The highest BCUT2D eigenvalue weighted by Crippen LogP contribution is 2.27. The van der Waals surface area contributed by atoms with E-state index in [1.54, 1.807) is 14.2 Å². The second-order valence-corrected chi connectivity index (χ2v) is 4.30. The van der Waals surface area contributed by atoms with Crippen LogP contribution in [0.15, 0.2) is 48.5 Å². The van der Waals surface area contributed by atoms with Gasteiger partial charge in [-0.2, -0.15) is 0 Å². The Morgan fingerprint density at radius 1 is 0.800 bits per heavy atom. The molecule has 106 valence electrons. The van der Waals surface area contributed by atoms with Crippen molar-refractivity contribution in [3.05, 3.63) is 48.5 Å². The van der Waals surface area contributed by atoms with Gasteiger partial charge in [-0.1, -0.05) is 0 Å². The van der Waals surface area contributed by atoms with Gasteiger partial charge in [0, 0.05) is 25.5 Å². The van der Waals surface area contributed by atoms with Gasteiger partial charge in [-0.05, 0) is 48.5 Å². The first kappa shape index (κ1) is 14.2. The van der Waals surface area contributed by atoms with Gasteiger partial charge in [-0.25, -0.2) is 0 Å². The topological polar surface area (TPSA) is 30.9 Å². The number of anilines is 2. The van der Waals surface area contributed by atoms with Crippen LogP contribution in [0.25, 0.3) is 0 Å². The molecule has 0 heterocycles. The second kappa shape index (κ2) is 6.82. The Morgan fingerprint density at radius 3 is 1.75 bits per heavy atom. The Kier molecular flexibility index (Phi) is 4.85. The highest BCUT2D eigenvalue weighted by Gasteiger charge is 2.04. The Labute approximate surface area is 119 Å². The molecule has 2 aromatic carbocycles. The third kappa shape index (κ3) is 3.42. The summed E-state index contributed by atoms with van der Waals surface area (Å²) in [5.41, 5.74) is 2.18. The highest BCUT2D eigenvalue weighted by atomic mass is 16.7. The molecule has 0 aliphatic rings. The fourth-order valence-corrected chi connectivity index (χ4v) is 1.85. The molecule has 0 saturated heterocycles. The van der Waals surface area contributed by atoms with Crippen LogP contribution in [0.4, 0.5) is 11.4 Å². The van der Waals surface area contributed by atoms with Crippen LogP contribution in [0.5, 0.6) is 11.5 Å². The molecule has 0 spiro atoms. The summed E-state index contributed by atoms with van der Waals surface area (Å²) in [6, 6.07) is 15.8. The Hall–Kier alpha value is -2.20. The molecule has 0 saturated carbocycles. The van der Waals surface area contributed by atoms with E-state index in [9.17, 15) is 0 Å². The van der Waals surface area contributed by atoms with Crippen molar-refractivity contribution in [1.29, 1.82) is 0 Å². The molecule has 0 fully saturated rings. The minimum Gasteiger partial charge on any atom is -0.497 e. The van der Waals surface area contributed by atoms with Crippen LogP contribution in [-0.4, -0.2) is 28.1 Å². The maximum Gasteiger partial charge on any atom is 0.188 e. The molecule has 0 bridgehead atoms. The monoisotopic (exact) mass is 273 g/mol. The summed E-state index contributed by atoms with van der Waals surface area (Å²) in [5, 5.41) is 0. The van der Waals surface area contributed by atoms with Crippen molar-refractivity contribution < 1.29 is 14.2 Å². The van der Waals surface area contributed by atoms with Crippen molar-refractivity contribution in [3.63, 3.8) is 0 Å². The summed E-state index contributed by atoms with van der Waals surface area (Å²) in [6.45, 7) is 0.258. The minimum atomic E-state index is 0.258. The van der Waals surface area contributed by atoms with Crippen LogP contribution in [0.2, 0.25) is 0 Å². The molecule has 4 heteroatoms. The van der Waals surface area contributed by atoms with Gasteiger partial charge in [0.2, 0.25) is 0 Å². The average Bonchev–Trinajstić information content (AvgIpc) is 2.53. The molecular formula is C16H19NO3. The van der Waals surface area contributed by atoms with E-state index >= 15 is 0 Å². The summed E-state index contributed by atoms with van der Waals surface area (Å²) in [7, 11) is 5.29. The van der Waals surface area contributed by atoms with Crippen LogP contribution in [0.3, 0.4) is 0 Å². The Morgan fingerprint density at radius 2 is 1.30 bits per heavy atom. The molecule has 0 radical (unpaired) electrons. The lowest BCUT2D eigenvalue weighted by atomic mass is 10.2. The molecule has 20 heavy (non-hydrogen) atoms. The predicted molar refractivity (Wildman–Crippen MR) is 80.0 cm³/mol. The van der Waals surface area contributed by atoms with E-state index in [1.807, 2.05) is 55.6 Å². The van der Waals surface area contributed by atoms with Gasteiger partial charge in [0.25, 0.3) is 0 Å². The van der Waals surface area contributed by atoms with Gasteiger partial charge in [-0.3, -0.25) is 0 Å². The third-order valence-corrected chi connectivity index (χ3v) is 3.03. The van der Waals surface area contributed by atoms with Crippen LogP contribution in [-0.2, 0) is 4.74 Å². The molecule has 4 nitrogen and oxygen atoms in total. The van der Waals surface area contributed by atoms with Crippen molar-refractivity contribution in [2.75, 3.05) is 33.0 Å². The smallest absolute Gasteiger partial charge is 0.188 e. The number of ether oxygens (including phenoxy) is 3. The van der Waals surface area contributed by atoms with Crippen molar-refractivity contribution >= 4 is 11.4 Å². The maximum absolute atomic E-state index is 5.37. The summed E-state index contributed by atoms with van der Waals surface area (Å²) >= 11 is 0. The zero-order valence-corrected chi connectivity index (χ0v) is 12.0. The molecule has 2 aromatic rings. The lowest BCUT2D eigenvalue weighted by molar-refractivity contribution is 0.0511. The van der Waals surface area contributed by atoms with E-state index in [1.165, 1.54) is 0 Å². The molecule has 2 rings (SSSR count). The van der Waals surface area contributed by atoms with E-state index in [2.05, 4.69) is 4.90 Å². The van der Waals surface area contributed by atoms with Gasteiger partial charge in [0.1, 0.15) is 11.5 Å². The summed E-state index contributed by atoms with van der Waals surface area (Å²) in [6.07, 6.45) is 0. The number of methoxy groups -OCH3 is 2. The molecule has 0 atom stereocenters. The summed E-state index contributed by atoms with van der Waals surface area (Å²) in [5.74, 6) is 1.64. The molecule has 0 unspecified atom stereocenters. The predicted octanol–water partition coefficient (Wildman–Crippen LogP) is 3.45. The van der Waals surface area contributed by atoms with Gasteiger partial charge in [-0.15, -0.1) is 0 Å². The molecule has 0 amide bonds. The van der Waals surface area contributed by atoms with Crippen LogP contribution >= 0.6 is 0 Å². The lowest BCUT2D eigenvalue weighted by Gasteiger charge is -2.20. The largest absolute Gasteiger partial charge is 0.497 e. The highest BCUT2D eigenvalue weighted by molar-refractivity contribution is 5.63. The number of benzene rings is 2. The number of rotatable bonds is 6. The Bertz CT molecular complexity index is 522. The molecular weight excluding hydrogens is 254 g/mol. The first-order chi connectivity index (χ1) is 9.74. The standard InChI is InChI=1S/C16H19NO3/c1-17(13-4-8-15(19-3)9-5-13)14-6-10-16(11-7-14)20-12-18-2/h4-11H,12H2,1-3H3. The molecule has 0 N–H and O–H groups in total. The average molecular weight is 273 g/mol. The summed E-state index contributed by atoms with van der Waals surface area (Å²) in [4.78, 5) is 2.10. The zero-order valence-electron chi connectivity index (χ0n) is 12.0. The van der Waals surface area contributed by atoms with Crippen molar-refractivity contribution in [3.8, 4) is 11.5 Å².